The van der Waals surface area contributed by atoms with Gasteiger partial charge in [-0.15, -0.1) is 10.2 Å². The highest BCUT2D eigenvalue weighted by Crippen LogP contribution is 2.47. The summed E-state index contributed by atoms with van der Waals surface area (Å²) in [4.78, 5) is 18.4. The molecule has 0 saturated carbocycles. The van der Waals surface area contributed by atoms with Crippen LogP contribution in [0.15, 0.2) is 65.4 Å². The fourth-order valence-corrected chi connectivity index (χ4v) is 5.65. The van der Waals surface area contributed by atoms with Crippen molar-refractivity contribution in [2.45, 2.75) is 56.5 Å². The number of hydrogen-bond donors (Lipinski definition) is 0. The van der Waals surface area contributed by atoms with Crippen LogP contribution in [0.3, 0.4) is 0 Å². The zero-order valence-electron chi connectivity index (χ0n) is 23.2. The Morgan fingerprint density at radius 3 is 2.74 bits per heavy atom. The average molecular weight is 596 g/mol. The van der Waals surface area contributed by atoms with Crippen LogP contribution in [-0.4, -0.2) is 48.6 Å². The van der Waals surface area contributed by atoms with Crippen LogP contribution in [0, 0.1) is 10.1 Å². The number of pyridine rings is 1. The third-order valence-corrected chi connectivity index (χ3v) is 7.84. The fraction of sp³-hybridized carbons (Fsp3) is 0.379. The molecule has 2 aliphatic rings. The van der Waals surface area contributed by atoms with Crippen LogP contribution in [0.4, 0.5) is 24.7 Å². The number of hydrogen-bond acceptors (Lipinski definition) is 9. The van der Waals surface area contributed by atoms with Crippen molar-refractivity contribution in [2.24, 2.45) is 7.05 Å². The van der Waals surface area contributed by atoms with Gasteiger partial charge in [-0.25, -0.2) is 4.98 Å². The Kier molecular flexibility index (Phi) is 7.46. The number of nitro groups is 1. The molecule has 43 heavy (non-hydrogen) atoms. The topological polar surface area (TPSA) is 125 Å². The molecule has 4 aromatic rings. The quantitative estimate of drug-likeness (QED) is 0.152. The monoisotopic (exact) mass is 595 g/mol. The van der Waals surface area contributed by atoms with Crippen molar-refractivity contribution >= 4 is 11.5 Å². The Hall–Kier alpha value is -4.59. The molecule has 1 fully saturated rings. The van der Waals surface area contributed by atoms with Crippen molar-refractivity contribution < 1.29 is 27.2 Å². The first-order valence-corrected chi connectivity index (χ1v) is 13.9. The first kappa shape index (κ1) is 28.5. The van der Waals surface area contributed by atoms with E-state index in [2.05, 4.69) is 25.2 Å². The molecular weight excluding hydrogens is 567 g/mol. The number of aryl methyl sites for hydroxylation is 1. The van der Waals surface area contributed by atoms with Crippen LogP contribution in [0.5, 0.6) is 0 Å². The van der Waals surface area contributed by atoms with Crippen LogP contribution >= 0.6 is 0 Å². The molecule has 1 unspecified atom stereocenters. The summed E-state index contributed by atoms with van der Waals surface area (Å²) in [5.41, 5.74) is -2.15. The lowest BCUT2D eigenvalue weighted by Gasteiger charge is -2.32. The van der Waals surface area contributed by atoms with Crippen LogP contribution < -0.4 is 4.90 Å². The molecule has 224 valence electrons. The van der Waals surface area contributed by atoms with E-state index in [4.69, 9.17) is 9.15 Å². The highest BCUT2D eigenvalue weighted by Gasteiger charge is 2.61. The molecule has 4 bridgehead atoms. The number of halogens is 3. The Bertz CT molecular complexity index is 1650. The summed E-state index contributed by atoms with van der Waals surface area (Å²) in [5, 5.41) is 24.1. The zero-order chi connectivity index (χ0) is 30.2. The number of ether oxygens (including phenoxy) is 1. The van der Waals surface area contributed by atoms with E-state index in [0.29, 0.717) is 35.5 Å². The van der Waals surface area contributed by atoms with Crippen molar-refractivity contribution in [1.82, 2.24) is 25.0 Å². The normalized spacial score (nSPS) is 21.3. The SMILES string of the molecule is Cn1cc(-c2cc([N+](=O)[O-])c3nc2N2CCC[C@H]2C/C=C\CCC(OCc2ccccc2)(C(F)(F)F)c2nnc-3o2)cn1. The number of alkyl halides is 3. The summed E-state index contributed by atoms with van der Waals surface area (Å²) < 4.78 is 57.8. The maximum atomic E-state index is 15.0. The van der Waals surface area contributed by atoms with Crippen molar-refractivity contribution in [2.75, 3.05) is 11.4 Å². The number of rotatable bonds is 5. The molecule has 6 rings (SSSR count). The van der Waals surface area contributed by atoms with Crippen molar-refractivity contribution in [3.63, 3.8) is 0 Å². The third-order valence-electron chi connectivity index (χ3n) is 7.84. The van der Waals surface area contributed by atoms with Gasteiger partial charge >= 0.3 is 11.9 Å². The van der Waals surface area contributed by atoms with E-state index in [1.54, 1.807) is 60.5 Å². The van der Waals surface area contributed by atoms with Gasteiger partial charge in [0.05, 0.1) is 17.7 Å². The molecule has 3 aromatic heterocycles. The zero-order valence-corrected chi connectivity index (χ0v) is 23.2. The number of anilines is 1. The van der Waals surface area contributed by atoms with Gasteiger partial charge < -0.3 is 14.1 Å². The number of fused-ring (bicyclic) bond motifs is 7. The number of aromatic nitrogens is 5. The average Bonchev–Trinajstić information content (AvgIpc) is 3.75. The van der Waals surface area contributed by atoms with Gasteiger partial charge in [-0.1, -0.05) is 42.5 Å². The molecule has 0 spiro atoms. The van der Waals surface area contributed by atoms with E-state index >= 15 is 0 Å². The van der Waals surface area contributed by atoms with Gasteiger partial charge in [0.15, 0.2) is 0 Å². The van der Waals surface area contributed by atoms with Crippen LogP contribution in [0.25, 0.3) is 22.7 Å². The summed E-state index contributed by atoms with van der Waals surface area (Å²) in [7, 11) is 1.73. The molecule has 2 atom stereocenters. The maximum absolute atomic E-state index is 15.0. The van der Waals surface area contributed by atoms with Gasteiger partial charge in [-0.05, 0) is 37.7 Å². The van der Waals surface area contributed by atoms with Crippen LogP contribution in [0.2, 0.25) is 0 Å². The van der Waals surface area contributed by atoms with Crippen molar-refractivity contribution in [3.05, 3.63) is 82.5 Å². The van der Waals surface area contributed by atoms with Gasteiger partial charge in [0, 0.05) is 43.0 Å². The number of allylic oxidation sites excluding steroid dienone is 1. The van der Waals surface area contributed by atoms with Gasteiger partial charge in [-0.3, -0.25) is 14.8 Å². The highest BCUT2D eigenvalue weighted by atomic mass is 19.4. The molecule has 0 amide bonds. The maximum Gasteiger partial charge on any atom is 0.426 e. The Morgan fingerprint density at radius 1 is 1.21 bits per heavy atom. The minimum absolute atomic E-state index is 0.0172. The van der Waals surface area contributed by atoms with E-state index in [-0.39, 0.29) is 24.8 Å². The van der Waals surface area contributed by atoms with Crippen molar-refractivity contribution in [3.8, 4) is 22.7 Å². The minimum Gasteiger partial charge on any atom is -0.415 e. The Labute approximate surface area is 244 Å². The molecule has 1 aromatic carbocycles. The molecule has 0 N–H and O–H groups in total. The van der Waals surface area contributed by atoms with E-state index in [1.165, 1.54) is 6.07 Å². The largest absolute Gasteiger partial charge is 0.426 e. The molecule has 11 nitrogen and oxygen atoms in total. The van der Waals surface area contributed by atoms with Gasteiger partial charge in [0.25, 0.3) is 11.8 Å². The first-order chi connectivity index (χ1) is 20.7. The summed E-state index contributed by atoms with van der Waals surface area (Å²) in [6.45, 7) is 0.275. The van der Waals surface area contributed by atoms with E-state index in [0.717, 1.165) is 12.8 Å². The smallest absolute Gasteiger partial charge is 0.415 e. The van der Waals surface area contributed by atoms with Crippen molar-refractivity contribution in [1.29, 1.82) is 0 Å². The third kappa shape index (κ3) is 5.38. The van der Waals surface area contributed by atoms with Gasteiger partial charge in [0.1, 0.15) is 5.82 Å². The van der Waals surface area contributed by atoms with E-state index in [9.17, 15) is 23.3 Å². The molecular formula is C29H28F3N7O4. The molecule has 0 aliphatic carbocycles. The minimum atomic E-state index is -4.95. The fourth-order valence-electron chi connectivity index (χ4n) is 5.65. The Morgan fingerprint density at radius 2 is 2.02 bits per heavy atom. The number of benzene rings is 1. The van der Waals surface area contributed by atoms with Gasteiger partial charge in [0.2, 0.25) is 11.3 Å². The first-order valence-electron chi connectivity index (χ1n) is 13.9. The molecule has 1 saturated heterocycles. The second-order valence-electron chi connectivity index (χ2n) is 10.6. The van der Waals surface area contributed by atoms with E-state index in [1.807, 2.05) is 6.08 Å². The predicted octanol–water partition coefficient (Wildman–Crippen LogP) is 6.12. The molecule has 0 radical (unpaired) electrons. The van der Waals surface area contributed by atoms with E-state index < -0.39 is 40.6 Å². The molecule has 5 heterocycles. The molecule has 14 heteroatoms. The second-order valence-corrected chi connectivity index (χ2v) is 10.6. The van der Waals surface area contributed by atoms with Crippen LogP contribution in [0.1, 0.15) is 43.6 Å². The highest BCUT2D eigenvalue weighted by molar-refractivity contribution is 5.82. The summed E-state index contributed by atoms with van der Waals surface area (Å²) in [5.74, 6) is -0.908. The van der Waals surface area contributed by atoms with Gasteiger partial charge in [-0.2, -0.15) is 18.3 Å². The summed E-state index contributed by atoms with van der Waals surface area (Å²) in [6.07, 6.45) is 3.65. The standard InChI is InChI=1S/C29H28F3N7O4/c1-37-17-20(16-33-37)22-15-23(39(40)41)24-26-35-36-27(43-26)28(29(30,31)32,42-18-19-9-4-2-5-10-19)13-7-3-6-11-21-12-8-14-38(21)25(22)34-24/h2-6,9-10,15-17,21H,7-8,11-14,18H2,1H3/b6-3-/t21-,28?/m1/s1. The Balaban J connectivity index is 1.54. The second kappa shape index (κ2) is 11.2. The van der Waals surface area contributed by atoms with Crippen LogP contribution in [-0.2, 0) is 24.0 Å². The lowest BCUT2D eigenvalue weighted by Crippen LogP contribution is -2.45. The molecule has 2 aliphatic heterocycles. The summed E-state index contributed by atoms with van der Waals surface area (Å²) >= 11 is 0. The lowest BCUT2D eigenvalue weighted by atomic mass is 9.95. The lowest BCUT2D eigenvalue weighted by molar-refractivity contribution is -0.384. The number of nitrogens with zero attached hydrogens (tertiary/aromatic N) is 7. The summed E-state index contributed by atoms with van der Waals surface area (Å²) in [6, 6.07) is 9.78. The predicted molar refractivity (Wildman–Crippen MR) is 149 cm³/mol.